The quantitative estimate of drug-likeness (QED) is 0.937. The van der Waals surface area contributed by atoms with Gasteiger partial charge in [0.15, 0.2) is 0 Å². The topological polar surface area (TPSA) is 38.3 Å². The van der Waals surface area contributed by atoms with Gasteiger partial charge < -0.3 is 10.1 Å². The molecular formula is C15H16ClNO2S. The number of nitrogens with one attached hydrogen (secondary N) is 1. The second-order valence-corrected chi connectivity index (χ2v) is 6.52. The van der Waals surface area contributed by atoms with Crippen LogP contribution in [-0.4, -0.2) is 25.2 Å². The lowest BCUT2D eigenvalue weighted by molar-refractivity contribution is 0.0861. The van der Waals surface area contributed by atoms with E-state index < -0.39 is 0 Å². The van der Waals surface area contributed by atoms with E-state index in [-0.39, 0.29) is 12.0 Å². The molecule has 1 aliphatic heterocycles. The minimum Gasteiger partial charge on any atom is -0.376 e. The number of carbonyl (C=O) groups is 1. The highest BCUT2D eigenvalue weighted by molar-refractivity contribution is 7.21. The third kappa shape index (κ3) is 2.68. The molecule has 3 nitrogen and oxygen atoms in total. The fraction of sp³-hybridized carbons (Fsp3) is 0.400. The van der Waals surface area contributed by atoms with Crippen LogP contribution in [0.2, 0.25) is 5.02 Å². The van der Waals surface area contributed by atoms with Gasteiger partial charge in [-0.25, -0.2) is 0 Å². The first-order chi connectivity index (χ1) is 9.65. The predicted molar refractivity (Wildman–Crippen MR) is 82.9 cm³/mol. The molecule has 1 amide bonds. The highest BCUT2D eigenvalue weighted by Gasteiger charge is 2.20. The molecule has 1 fully saturated rings. The number of hydrogen-bond donors (Lipinski definition) is 1. The Morgan fingerprint density at radius 1 is 1.55 bits per heavy atom. The van der Waals surface area contributed by atoms with E-state index in [1.165, 1.54) is 16.9 Å². The van der Waals surface area contributed by atoms with Crippen LogP contribution >= 0.6 is 22.9 Å². The van der Waals surface area contributed by atoms with Crippen LogP contribution in [0.1, 0.15) is 28.1 Å². The fourth-order valence-corrected chi connectivity index (χ4v) is 3.94. The second-order valence-electron chi connectivity index (χ2n) is 5.09. The zero-order valence-electron chi connectivity index (χ0n) is 11.2. The minimum absolute atomic E-state index is 0.107. The van der Waals surface area contributed by atoms with Gasteiger partial charge in [0.05, 0.1) is 11.1 Å². The Morgan fingerprint density at radius 3 is 3.15 bits per heavy atom. The Hall–Kier alpha value is -1.10. The summed E-state index contributed by atoms with van der Waals surface area (Å²) in [5, 5.41) is 4.42. The predicted octanol–water partition coefficient (Wildman–Crippen LogP) is 3.77. The van der Waals surface area contributed by atoms with Crippen LogP contribution in [0.5, 0.6) is 0 Å². The molecule has 3 rings (SSSR count). The fourth-order valence-electron chi connectivity index (χ4n) is 2.41. The van der Waals surface area contributed by atoms with E-state index in [1.54, 1.807) is 0 Å². The Balaban J connectivity index is 1.78. The lowest BCUT2D eigenvalue weighted by atomic mass is 10.2. The zero-order valence-corrected chi connectivity index (χ0v) is 12.8. The van der Waals surface area contributed by atoms with E-state index in [0.717, 1.165) is 29.5 Å². The van der Waals surface area contributed by atoms with Crippen LogP contribution in [0, 0.1) is 6.92 Å². The molecule has 1 aliphatic rings. The largest absolute Gasteiger partial charge is 0.376 e. The van der Waals surface area contributed by atoms with Crippen molar-refractivity contribution >= 4 is 38.9 Å². The molecule has 0 spiro atoms. The summed E-state index contributed by atoms with van der Waals surface area (Å²) in [6, 6.07) is 6.04. The summed E-state index contributed by atoms with van der Waals surface area (Å²) in [6.45, 7) is 3.39. The van der Waals surface area contributed by atoms with Gasteiger partial charge >= 0.3 is 0 Å². The van der Waals surface area contributed by atoms with Crippen molar-refractivity contribution in [1.29, 1.82) is 0 Å². The zero-order chi connectivity index (χ0) is 14.1. The maximum atomic E-state index is 12.2. The molecule has 1 atom stereocenters. The molecule has 0 radical (unpaired) electrons. The number of fused-ring (bicyclic) bond motifs is 1. The van der Waals surface area contributed by atoms with E-state index in [9.17, 15) is 4.79 Å². The molecule has 20 heavy (non-hydrogen) atoms. The second kappa shape index (κ2) is 5.72. The van der Waals surface area contributed by atoms with Gasteiger partial charge in [0, 0.05) is 23.2 Å². The van der Waals surface area contributed by atoms with Gasteiger partial charge in [-0.3, -0.25) is 4.79 Å². The van der Waals surface area contributed by atoms with Crippen molar-refractivity contribution in [2.24, 2.45) is 0 Å². The number of hydrogen-bond acceptors (Lipinski definition) is 3. The summed E-state index contributed by atoms with van der Waals surface area (Å²) in [6.07, 6.45) is 2.23. The monoisotopic (exact) mass is 309 g/mol. The number of thiophene rings is 1. The Labute approximate surface area is 126 Å². The molecule has 0 bridgehead atoms. The number of halogens is 1. The number of aryl methyl sites for hydroxylation is 1. The van der Waals surface area contributed by atoms with Crippen LogP contribution < -0.4 is 5.32 Å². The van der Waals surface area contributed by atoms with Gasteiger partial charge in [0.25, 0.3) is 5.91 Å². The number of carbonyl (C=O) groups excluding carboxylic acids is 1. The number of ether oxygens (including phenoxy) is 1. The van der Waals surface area contributed by atoms with E-state index in [2.05, 4.69) is 11.4 Å². The highest BCUT2D eigenvalue weighted by Crippen LogP contribution is 2.35. The van der Waals surface area contributed by atoms with Gasteiger partial charge in [-0.15, -0.1) is 11.3 Å². The van der Waals surface area contributed by atoms with Crippen LogP contribution in [0.3, 0.4) is 0 Å². The van der Waals surface area contributed by atoms with Crippen LogP contribution in [0.4, 0.5) is 0 Å². The summed E-state index contributed by atoms with van der Waals surface area (Å²) in [5.41, 5.74) is 1.17. The van der Waals surface area contributed by atoms with Crippen molar-refractivity contribution in [3.05, 3.63) is 33.7 Å². The average Bonchev–Trinajstić information content (AvgIpc) is 3.04. The van der Waals surface area contributed by atoms with E-state index in [4.69, 9.17) is 16.3 Å². The molecule has 1 aromatic carbocycles. The first-order valence-electron chi connectivity index (χ1n) is 6.73. The molecule has 2 aromatic rings. The van der Waals surface area contributed by atoms with E-state index in [0.29, 0.717) is 16.4 Å². The first kappa shape index (κ1) is 13.9. The van der Waals surface area contributed by atoms with Crippen molar-refractivity contribution < 1.29 is 9.53 Å². The van der Waals surface area contributed by atoms with Crippen molar-refractivity contribution in [1.82, 2.24) is 5.32 Å². The molecule has 0 unspecified atom stereocenters. The Bertz CT molecular complexity index is 647. The van der Waals surface area contributed by atoms with Crippen LogP contribution in [0.25, 0.3) is 10.1 Å². The molecule has 0 saturated carbocycles. The van der Waals surface area contributed by atoms with Crippen LogP contribution in [-0.2, 0) is 4.74 Å². The Morgan fingerprint density at radius 2 is 2.40 bits per heavy atom. The molecular weight excluding hydrogens is 294 g/mol. The standard InChI is InChI=1S/C15H16ClNO2S/c1-9-4-5-11-12(7-9)20-14(13(11)16)15(18)17-8-10-3-2-6-19-10/h4-5,7,10H,2-3,6,8H2,1H3,(H,17,18)/t10-/m0/s1. The normalized spacial score (nSPS) is 18.6. The SMILES string of the molecule is Cc1ccc2c(Cl)c(C(=O)NC[C@@H]3CCCO3)sc2c1. The lowest BCUT2D eigenvalue weighted by Crippen LogP contribution is -2.31. The number of rotatable bonds is 3. The summed E-state index contributed by atoms with van der Waals surface area (Å²) in [7, 11) is 0. The first-order valence-corrected chi connectivity index (χ1v) is 7.93. The van der Waals surface area contributed by atoms with Crippen molar-refractivity contribution in [2.75, 3.05) is 13.2 Å². The van der Waals surface area contributed by atoms with Gasteiger partial charge in [0.1, 0.15) is 4.88 Å². The third-order valence-electron chi connectivity index (χ3n) is 3.51. The summed E-state index contributed by atoms with van der Waals surface area (Å²) in [4.78, 5) is 12.8. The van der Waals surface area contributed by atoms with Crippen molar-refractivity contribution in [2.45, 2.75) is 25.9 Å². The van der Waals surface area contributed by atoms with E-state index >= 15 is 0 Å². The maximum absolute atomic E-state index is 12.2. The van der Waals surface area contributed by atoms with Crippen LogP contribution in [0.15, 0.2) is 18.2 Å². The molecule has 106 valence electrons. The molecule has 1 saturated heterocycles. The minimum atomic E-state index is -0.107. The van der Waals surface area contributed by atoms with Gasteiger partial charge in [-0.2, -0.15) is 0 Å². The Kier molecular flexibility index (Phi) is 3.96. The molecule has 1 aromatic heterocycles. The molecule has 0 aliphatic carbocycles. The third-order valence-corrected chi connectivity index (χ3v) is 5.16. The average molecular weight is 310 g/mol. The van der Waals surface area contributed by atoms with E-state index in [1.807, 2.05) is 19.1 Å². The van der Waals surface area contributed by atoms with Crippen molar-refractivity contribution in [3.8, 4) is 0 Å². The summed E-state index contributed by atoms with van der Waals surface area (Å²) in [5.74, 6) is -0.107. The van der Waals surface area contributed by atoms with Gasteiger partial charge in [-0.1, -0.05) is 23.7 Å². The summed E-state index contributed by atoms with van der Waals surface area (Å²) >= 11 is 7.76. The van der Waals surface area contributed by atoms with Gasteiger partial charge in [0.2, 0.25) is 0 Å². The smallest absolute Gasteiger partial charge is 0.263 e. The van der Waals surface area contributed by atoms with Gasteiger partial charge in [-0.05, 0) is 31.4 Å². The number of benzene rings is 1. The van der Waals surface area contributed by atoms with Crippen molar-refractivity contribution in [3.63, 3.8) is 0 Å². The maximum Gasteiger partial charge on any atom is 0.263 e. The lowest BCUT2D eigenvalue weighted by Gasteiger charge is -2.09. The summed E-state index contributed by atoms with van der Waals surface area (Å²) < 4.78 is 6.55. The molecule has 5 heteroatoms. The molecule has 1 N–H and O–H groups in total. The molecule has 2 heterocycles. The number of amides is 1. The highest BCUT2D eigenvalue weighted by atomic mass is 35.5.